The number of hydrogen-bond donors (Lipinski definition) is 2. The van der Waals surface area contributed by atoms with Gasteiger partial charge in [-0.2, -0.15) is 0 Å². The van der Waals surface area contributed by atoms with Crippen molar-refractivity contribution in [2.45, 2.75) is 23.8 Å². The van der Waals surface area contributed by atoms with Crippen molar-refractivity contribution in [2.75, 3.05) is 11.9 Å². The molecule has 0 bridgehead atoms. The van der Waals surface area contributed by atoms with Gasteiger partial charge >= 0.3 is 0 Å². The third-order valence-electron chi connectivity index (χ3n) is 2.81. The first kappa shape index (κ1) is 15.5. The highest BCUT2D eigenvalue weighted by molar-refractivity contribution is 7.89. The number of nitrogens with two attached hydrogens (primary N) is 1. The number of sulfonamides is 1. The summed E-state index contributed by atoms with van der Waals surface area (Å²) in [5.41, 5.74) is 0.140. The van der Waals surface area contributed by atoms with Crippen molar-refractivity contribution >= 4 is 44.8 Å². The highest BCUT2D eigenvalue weighted by Gasteiger charge is 2.25. The predicted molar refractivity (Wildman–Crippen MR) is 75.4 cm³/mol. The number of halogens is 2. The normalized spacial score (nSPS) is 19.1. The third-order valence-corrected chi connectivity index (χ3v) is 4.30. The zero-order valence-corrected chi connectivity index (χ0v) is 12.6. The average Bonchev–Trinajstić information content (AvgIpc) is 2.85. The van der Waals surface area contributed by atoms with Gasteiger partial charge in [0.2, 0.25) is 10.0 Å². The second-order valence-electron chi connectivity index (χ2n) is 4.30. The van der Waals surface area contributed by atoms with Crippen LogP contribution in [0.4, 0.5) is 5.69 Å². The first-order chi connectivity index (χ1) is 9.29. The fourth-order valence-electron chi connectivity index (χ4n) is 1.82. The molecule has 1 aliphatic heterocycles. The number of hydrogen-bond acceptors (Lipinski definition) is 4. The standard InChI is InChI=1S/C11H12Cl2N2O4S/c12-7-4-6(20(14,17)18)5-8(13)10(7)15-11(16)9-2-1-3-19-9/h4-5,9H,1-3H2,(H,15,16)(H2,14,17,18). The first-order valence-corrected chi connectivity index (χ1v) is 8.03. The third kappa shape index (κ3) is 3.42. The molecule has 1 aromatic carbocycles. The first-order valence-electron chi connectivity index (χ1n) is 5.73. The molecule has 6 nitrogen and oxygen atoms in total. The number of ether oxygens (including phenoxy) is 1. The molecule has 1 fully saturated rings. The van der Waals surface area contributed by atoms with Crippen molar-refractivity contribution in [3.05, 3.63) is 22.2 Å². The summed E-state index contributed by atoms with van der Waals surface area (Å²) < 4.78 is 27.7. The van der Waals surface area contributed by atoms with E-state index in [1.807, 2.05) is 0 Å². The van der Waals surface area contributed by atoms with Crippen molar-refractivity contribution in [3.8, 4) is 0 Å². The van der Waals surface area contributed by atoms with Gasteiger partial charge in [-0.3, -0.25) is 4.79 Å². The number of rotatable bonds is 3. The van der Waals surface area contributed by atoms with Gasteiger partial charge in [-0.1, -0.05) is 23.2 Å². The van der Waals surface area contributed by atoms with Crippen LogP contribution in [0.15, 0.2) is 17.0 Å². The lowest BCUT2D eigenvalue weighted by atomic mass is 10.2. The van der Waals surface area contributed by atoms with E-state index in [9.17, 15) is 13.2 Å². The van der Waals surface area contributed by atoms with Crippen molar-refractivity contribution in [3.63, 3.8) is 0 Å². The smallest absolute Gasteiger partial charge is 0.253 e. The molecule has 1 aliphatic rings. The Bertz CT molecular complexity index is 619. The maximum absolute atomic E-state index is 11.9. The topological polar surface area (TPSA) is 98.5 Å². The van der Waals surface area contributed by atoms with Gasteiger partial charge in [-0.05, 0) is 25.0 Å². The Morgan fingerprint density at radius 2 is 1.95 bits per heavy atom. The molecule has 1 aromatic rings. The van der Waals surface area contributed by atoms with Crippen LogP contribution in [0.25, 0.3) is 0 Å². The molecule has 1 heterocycles. The molecule has 3 N–H and O–H groups in total. The fourth-order valence-corrected chi connectivity index (χ4v) is 3.10. The molecule has 0 aromatic heterocycles. The van der Waals surface area contributed by atoms with E-state index in [1.165, 1.54) is 0 Å². The number of anilines is 1. The van der Waals surface area contributed by atoms with Crippen LogP contribution in [0.3, 0.4) is 0 Å². The fraction of sp³-hybridized carbons (Fsp3) is 0.364. The lowest BCUT2D eigenvalue weighted by Crippen LogP contribution is -2.27. The molecule has 9 heteroatoms. The summed E-state index contributed by atoms with van der Waals surface area (Å²) in [6, 6.07) is 2.27. The van der Waals surface area contributed by atoms with Gasteiger partial charge in [-0.25, -0.2) is 13.6 Å². The summed E-state index contributed by atoms with van der Waals surface area (Å²) in [6.07, 6.45) is 0.889. The van der Waals surface area contributed by atoms with Crippen LogP contribution in [0, 0.1) is 0 Å². The van der Waals surface area contributed by atoms with Crippen molar-refractivity contribution in [1.82, 2.24) is 0 Å². The zero-order chi connectivity index (χ0) is 14.9. The number of amides is 1. The van der Waals surface area contributed by atoms with Crippen LogP contribution in [0.1, 0.15) is 12.8 Å². The molecule has 1 saturated heterocycles. The summed E-state index contributed by atoms with van der Waals surface area (Å²) in [5.74, 6) is -0.366. The molecule has 20 heavy (non-hydrogen) atoms. The second kappa shape index (κ2) is 5.87. The molecular weight excluding hydrogens is 327 g/mol. The number of carbonyl (C=O) groups is 1. The van der Waals surface area contributed by atoms with E-state index in [1.54, 1.807) is 0 Å². The van der Waals surface area contributed by atoms with Gasteiger partial charge in [0, 0.05) is 6.61 Å². The van der Waals surface area contributed by atoms with E-state index in [0.29, 0.717) is 13.0 Å². The van der Waals surface area contributed by atoms with Gasteiger partial charge in [-0.15, -0.1) is 0 Å². The Labute approximate surface area is 126 Å². The van der Waals surface area contributed by atoms with Gasteiger partial charge in [0.25, 0.3) is 5.91 Å². The summed E-state index contributed by atoms with van der Waals surface area (Å²) in [5, 5.41) is 7.52. The maximum atomic E-state index is 11.9. The van der Waals surface area contributed by atoms with Gasteiger partial charge in [0.15, 0.2) is 0 Å². The summed E-state index contributed by atoms with van der Waals surface area (Å²) >= 11 is 11.9. The monoisotopic (exact) mass is 338 g/mol. The van der Waals surface area contributed by atoms with Crippen molar-refractivity contribution in [1.29, 1.82) is 0 Å². The zero-order valence-electron chi connectivity index (χ0n) is 10.2. The molecule has 0 radical (unpaired) electrons. The number of carbonyl (C=O) groups excluding carboxylic acids is 1. The Morgan fingerprint density at radius 3 is 2.40 bits per heavy atom. The highest BCUT2D eigenvalue weighted by Crippen LogP contribution is 2.33. The summed E-state index contributed by atoms with van der Waals surface area (Å²) in [7, 11) is -3.91. The lowest BCUT2D eigenvalue weighted by molar-refractivity contribution is -0.124. The average molecular weight is 339 g/mol. The SMILES string of the molecule is NS(=O)(=O)c1cc(Cl)c(NC(=O)C2CCCO2)c(Cl)c1. The van der Waals surface area contributed by atoms with Crippen LogP contribution < -0.4 is 10.5 Å². The minimum absolute atomic E-state index is 0.00660. The Balaban J connectivity index is 2.26. The number of nitrogens with one attached hydrogen (secondary N) is 1. The van der Waals surface area contributed by atoms with Gasteiger partial charge in [0.05, 0.1) is 20.6 Å². The molecule has 110 valence electrons. The Morgan fingerprint density at radius 1 is 1.35 bits per heavy atom. The van der Waals surface area contributed by atoms with E-state index < -0.39 is 16.1 Å². The minimum atomic E-state index is -3.91. The van der Waals surface area contributed by atoms with Crippen LogP contribution in [0.2, 0.25) is 10.0 Å². The number of benzene rings is 1. The molecular formula is C11H12Cl2N2O4S. The van der Waals surface area contributed by atoms with E-state index in [0.717, 1.165) is 18.6 Å². The van der Waals surface area contributed by atoms with E-state index >= 15 is 0 Å². The van der Waals surface area contributed by atoms with Crippen LogP contribution in [-0.2, 0) is 19.6 Å². The minimum Gasteiger partial charge on any atom is -0.368 e. The van der Waals surface area contributed by atoms with Crippen molar-refractivity contribution in [2.24, 2.45) is 5.14 Å². The molecule has 1 unspecified atom stereocenters. The molecule has 1 amide bonds. The summed E-state index contributed by atoms with van der Waals surface area (Å²) in [4.78, 5) is 11.7. The van der Waals surface area contributed by atoms with Crippen LogP contribution >= 0.6 is 23.2 Å². The van der Waals surface area contributed by atoms with Crippen molar-refractivity contribution < 1.29 is 17.9 Å². The van der Waals surface area contributed by atoms with Crippen LogP contribution in [0.5, 0.6) is 0 Å². The molecule has 2 rings (SSSR count). The quantitative estimate of drug-likeness (QED) is 0.877. The lowest BCUT2D eigenvalue weighted by Gasteiger charge is -2.13. The highest BCUT2D eigenvalue weighted by atomic mass is 35.5. The van der Waals surface area contributed by atoms with E-state index in [-0.39, 0.29) is 26.5 Å². The predicted octanol–water partition coefficient (Wildman–Crippen LogP) is 1.76. The molecule has 0 saturated carbocycles. The summed E-state index contributed by atoms with van der Waals surface area (Å²) in [6.45, 7) is 0.532. The van der Waals surface area contributed by atoms with E-state index in [2.05, 4.69) is 5.32 Å². The van der Waals surface area contributed by atoms with Gasteiger partial charge in [0.1, 0.15) is 6.10 Å². The molecule has 0 spiro atoms. The molecule has 0 aliphatic carbocycles. The largest absolute Gasteiger partial charge is 0.368 e. The molecule has 1 atom stereocenters. The number of primary sulfonamides is 1. The Kier molecular flexibility index (Phi) is 4.55. The van der Waals surface area contributed by atoms with Crippen LogP contribution in [-0.4, -0.2) is 27.0 Å². The van der Waals surface area contributed by atoms with Gasteiger partial charge < -0.3 is 10.1 Å². The second-order valence-corrected chi connectivity index (χ2v) is 6.67. The maximum Gasteiger partial charge on any atom is 0.253 e. The van der Waals surface area contributed by atoms with E-state index in [4.69, 9.17) is 33.1 Å². The Hall–Kier alpha value is -0.860.